The molecule has 3 amide bonds. The fraction of sp³-hybridized carbons (Fsp3) is 0.348. The number of hydrogen-bond donors (Lipinski definition) is 2. The van der Waals surface area contributed by atoms with E-state index in [4.69, 9.17) is 0 Å². The summed E-state index contributed by atoms with van der Waals surface area (Å²) < 4.78 is 13.3. The van der Waals surface area contributed by atoms with Gasteiger partial charge in [0, 0.05) is 17.3 Å². The van der Waals surface area contributed by atoms with Gasteiger partial charge in [0.15, 0.2) is 0 Å². The second-order valence-electron chi connectivity index (χ2n) is 7.82. The van der Waals surface area contributed by atoms with Gasteiger partial charge < -0.3 is 15.5 Å². The number of anilines is 1. The first-order valence-electron chi connectivity index (χ1n) is 10.3. The zero-order chi connectivity index (χ0) is 21.1. The van der Waals surface area contributed by atoms with Gasteiger partial charge in [-0.05, 0) is 49.2 Å². The number of fused-ring (bicyclic) bond motifs is 1. The molecule has 0 unspecified atom stereocenters. The summed E-state index contributed by atoms with van der Waals surface area (Å²) >= 11 is 0. The van der Waals surface area contributed by atoms with Crippen LogP contribution in [0.25, 0.3) is 0 Å². The lowest BCUT2D eigenvalue weighted by Gasteiger charge is -2.48. The molecule has 2 aromatic rings. The molecule has 1 aliphatic heterocycles. The zero-order valence-electron chi connectivity index (χ0n) is 16.5. The van der Waals surface area contributed by atoms with Crippen molar-refractivity contribution in [3.8, 4) is 0 Å². The Hall–Kier alpha value is -3.22. The van der Waals surface area contributed by atoms with Gasteiger partial charge in [-0.25, -0.2) is 4.39 Å². The average molecular weight is 409 g/mol. The third-order valence-electron chi connectivity index (χ3n) is 5.81. The molecule has 0 aromatic heterocycles. The number of nitrogens with one attached hydrogen (secondary N) is 2. The largest absolute Gasteiger partial charge is 0.349 e. The topological polar surface area (TPSA) is 78.5 Å². The molecule has 0 radical (unpaired) electrons. The van der Waals surface area contributed by atoms with Crippen molar-refractivity contribution in [1.82, 2.24) is 10.2 Å². The van der Waals surface area contributed by atoms with Gasteiger partial charge in [0.2, 0.25) is 11.8 Å². The molecule has 30 heavy (non-hydrogen) atoms. The molecule has 2 aromatic carbocycles. The van der Waals surface area contributed by atoms with Crippen molar-refractivity contribution in [2.24, 2.45) is 0 Å². The fourth-order valence-electron chi connectivity index (χ4n) is 4.38. The molecule has 0 spiro atoms. The van der Waals surface area contributed by atoms with E-state index >= 15 is 0 Å². The van der Waals surface area contributed by atoms with E-state index in [9.17, 15) is 18.8 Å². The smallest absolute Gasteiger partial charge is 0.254 e. The standard InChI is InChI=1S/C23H24FN3O3/c24-16-12-10-15(11-13-16)23(30)27-19-9-5-4-8-18(19)26-22(29)20(27)14-21(28)25-17-6-2-1-3-7-17/h1-3,6-7,10-13,18-20H,4-5,8-9,14H2,(H,25,28)(H,26,29)/t18-,19+,20-/m0/s1. The van der Waals surface area contributed by atoms with Crippen molar-refractivity contribution in [2.75, 3.05) is 5.32 Å². The predicted molar refractivity (Wildman–Crippen MR) is 110 cm³/mol. The maximum Gasteiger partial charge on any atom is 0.254 e. The summed E-state index contributed by atoms with van der Waals surface area (Å²) in [6.07, 6.45) is 3.35. The van der Waals surface area contributed by atoms with E-state index in [0.29, 0.717) is 11.3 Å². The quantitative estimate of drug-likeness (QED) is 0.815. The molecule has 1 saturated heterocycles. The Morgan fingerprint density at radius 3 is 2.47 bits per heavy atom. The van der Waals surface area contributed by atoms with E-state index in [1.807, 2.05) is 6.07 Å². The molecule has 156 valence electrons. The monoisotopic (exact) mass is 409 g/mol. The highest BCUT2D eigenvalue weighted by Gasteiger charge is 2.46. The summed E-state index contributed by atoms with van der Waals surface area (Å²) in [6.45, 7) is 0. The van der Waals surface area contributed by atoms with E-state index in [1.165, 1.54) is 24.3 Å². The van der Waals surface area contributed by atoms with Crippen LogP contribution in [0.4, 0.5) is 10.1 Å². The Kier molecular flexibility index (Phi) is 5.79. The van der Waals surface area contributed by atoms with Crippen LogP contribution >= 0.6 is 0 Å². The molecule has 4 rings (SSSR count). The van der Waals surface area contributed by atoms with E-state index in [0.717, 1.165) is 25.7 Å². The van der Waals surface area contributed by atoms with Crippen molar-refractivity contribution >= 4 is 23.4 Å². The van der Waals surface area contributed by atoms with E-state index in [2.05, 4.69) is 10.6 Å². The molecule has 2 aliphatic rings. The van der Waals surface area contributed by atoms with Crippen molar-refractivity contribution in [2.45, 2.75) is 50.2 Å². The molecule has 0 bridgehead atoms. The van der Waals surface area contributed by atoms with Crippen LogP contribution in [0.3, 0.4) is 0 Å². The lowest BCUT2D eigenvalue weighted by molar-refractivity contribution is -0.135. The van der Waals surface area contributed by atoms with Gasteiger partial charge in [-0.1, -0.05) is 31.0 Å². The number of hydrogen-bond acceptors (Lipinski definition) is 3. The van der Waals surface area contributed by atoms with Crippen LogP contribution in [0.5, 0.6) is 0 Å². The van der Waals surface area contributed by atoms with Crippen LogP contribution in [0, 0.1) is 5.82 Å². The fourth-order valence-corrected chi connectivity index (χ4v) is 4.38. The Bertz CT molecular complexity index is 932. The number of rotatable bonds is 4. The summed E-state index contributed by atoms with van der Waals surface area (Å²) in [6, 6.07) is 13.1. The second kappa shape index (κ2) is 8.65. The van der Waals surface area contributed by atoms with Crippen molar-refractivity contribution < 1.29 is 18.8 Å². The maximum absolute atomic E-state index is 13.4. The number of amides is 3. The summed E-state index contributed by atoms with van der Waals surface area (Å²) in [5.74, 6) is -1.44. The lowest BCUT2D eigenvalue weighted by atomic mass is 9.84. The van der Waals surface area contributed by atoms with Crippen molar-refractivity contribution in [3.05, 3.63) is 66.0 Å². The van der Waals surface area contributed by atoms with E-state index < -0.39 is 11.9 Å². The van der Waals surface area contributed by atoms with Gasteiger partial charge in [0.25, 0.3) is 5.91 Å². The molecule has 1 heterocycles. The second-order valence-corrected chi connectivity index (χ2v) is 7.82. The van der Waals surface area contributed by atoms with Crippen molar-refractivity contribution in [3.63, 3.8) is 0 Å². The lowest BCUT2D eigenvalue weighted by Crippen LogP contribution is -2.68. The summed E-state index contributed by atoms with van der Waals surface area (Å²) in [5.41, 5.74) is 0.939. The Balaban J connectivity index is 1.60. The first kappa shape index (κ1) is 20.1. The molecule has 6 nitrogen and oxygen atoms in total. The minimum atomic E-state index is -0.911. The van der Waals surface area contributed by atoms with Gasteiger partial charge in [0.05, 0.1) is 12.5 Å². The third kappa shape index (κ3) is 4.20. The highest BCUT2D eigenvalue weighted by Crippen LogP contribution is 2.31. The molecular formula is C23H24FN3O3. The highest BCUT2D eigenvalue weighted by atomic mass is 19.1. The molecule has 2 fully saturated rings. The van der Waals surface area contributed by atoms with Crippen LogP contribution in [0.1, 0.15) is 42.5 Å². The van der Waals surface area contributed by atoms with Crippen LogP contribution < -0.4 is 10.6 Å². The number of halogens is 1. The Morgan fingerprint density at radius 2 is 1.73 bits per heavy atom. The Morgan fingerprint density at radius 1 is 1.03 bits per heavy atom. The normalized spacial score (nSPS) is 23.3. The number of benzene rings is 2. The summed E-state index contributed by atoms with van der Waals surface area (Å²) in [4.78, 5) is 40.5. The minimum Gasteiger partial charge on any atom is -0.349 e. The van der Waals surface area contributed by atoms with Crippen LogP contribution in [-0.2, 0) is 9.59 Å². The van der Waals surface area contributed by atoms with Gasteiger partial charge in [-0.15, -0.1) is 0 Å². The Labute approximate surface area is 174 Å². The number of carbonyl (C=O) groups excluding carboxylic acids is 3. The molecular weight excluding hydrogens is 385 g/mol. The van der Waals surface area contributed by atoms with E-state index in [-0.39, 0.29) is 36.2 Å². The van der Waals surface area contributed by atoms with E-state index in [1.54, 1.807) is 29.2 Å². The molecule has 3 atom stereocenters. The number of piperazine rings is 1. The van der Waals surface area contributed by atoms with Crippen LogP contribution in [-0.4, -0.2) is 40.7 Å². The zero-order valence-corrected chi connectivity index (χ0v) is 16.5. The maximum atomic E-state index is 13.4. The average Bonchev–Trinajstić information content (AvgIpc) is 2.75. The first-order valence-corrected chi connectivity index (χ1v) is 10.3. The first-order chi connectivity index (χ1) is 14.5. The third-order valence-corrected chi connectivity index (χ3v) is 5.81. The van der Waals surface area contributed by atoms with Gasteiger partial charge in [-0.2, -0.15) is 0 Å². The molecule has 2 N–H and O–H groups in total. The van der Waals surface area contributed by atoms with Gasteiger partial charge in [0.1, 0.15) is 11.9 Å². The highest BCUT2D eigenvalue weighted by molar-refractivity contribution is 6.01. The predicted octanol–water partition coefficient (Wildman–Crippen LogP) is 3.11. The molecule has 1 aliphatic carbocycles. The minimum absolute atomic E-state index is 0.121. The van der Waals surface area contributed by atoms with Gasteiger partial charge >= 0.3 is 0 Å². The van der Waals surface area contributed by atoms with Crippen LogP contribution in [0.15, 0.2) is 54.6 Å². The number of para-hydroxylation sites is 1. The summed E-state index contributed by atoms with van der Waals surface area (Å²) in [5, 5.41) is 5.79. The molecule has 7 heteroatoms. The van der Waals surface area contributed by atoms with Gasteiger partial charge in [-0.3, -0.25) is 14.4 Å². The molecule has 1 saturated carbocycles. The van der Waals surface area contributed by atoms with Crippen LogP contribution in [0.2, 0.25) is 0 Å². The number of nitrogens with zero attached hydrogens (tertiary/aromatic N) is 1. The van der Waals surface area contributed by atoms with Crippen molar-refractivity contribution in [1.29, 1.82) is 0 Å². The number of carbonyl (C=O) groups is 3. The summed E-state index contributed by atoms with van der Waals surface area (Å²) in [7, 11) is 0. The SMILES string of the molecule is O=C(C[C@H]1C(=O)N[C@H]2CCCC[C@H]2N1C(=O)c1ccc(F)cc1)Nc1ccccc1.